The first-order chi connectivity index (χ1) is 16.2. The summed E-state index contributed by atoms with van der Waals surface area (Å²) in [4.78, 5) is 38.1. The summed E-state index contributed by atoms with van der Waals surface area (Å²) in [5.74, 6) is -0.131. The molecule has 2 amide bonds. The van der Waals surface area contributed by atoms with E-state index in [-0.39, 0.29) is 11.0 Å². The van der Waals surface area contributed by atoms with Gasteiger partial charge in [-0.1, -0.05) is 44.0 Å². The number of carbonyl (C=O) groups is 3. The third-order valence-corrected chi connectivity index (χ3v) is 6.61. The van der Waals surface area contributed by atoms with Crippen molar-refractivity contribution in [3.8, 4) is 11.5 Å². The first-order valence-corrected chi connectivity index (χ1v) is 12.9. The number of hydrogen-bond donors (Lipinski definition) is 0. The van der Waals surface area contributed by atoms with Crippen LogP contribution < -0.4 is 9.47 Å². The fraction of sp³-hybridized carbons (Fsp3) is 0.292. The van der Waals surface area contributed by atoms with Crippen molar-refractivity contribution in [3.05, 3.63) is 61.4 Å². The van der Waals surface area contributed by atoms with Crippen molar-refractivity contribution >= 4 is 66.8 Å². The summed E-state index contributed by atoms with van der Waals surface area (Å²) < 4.78 is 18.4. The second kappa shape index (κ2) is 11.9. The summed E-state index contributed by atoms with van der Waals surface area (Å²) in [5, 5.41) is -0.521. The van der Waals surface area contributed by atoms with Crippen LogP contribution in [0.4, 0.5) is 4.79 Å². The lowest BCUT2D eigenvalue weighted by molar-refractivity contribution is -0.149. The summed E-state index contributed by atoms with van der Waals surface area (Å²) in [7, 11) is 0. The smallest absolute Gasteiger partial charge is 0.326 e. The molecule has 1 aliphatic heterocycles. The van der Waals surface area contributed by atoms with E-state index >= 15 is 0 Å². The highest BCUT2D eigenvalue weighted by Gasteiger charge is 2.37. The maximum Gasteiger partial charge on any atom is 0.326 e. The number of imide groups is 1. The molecule has 1 saturated heterocycles. The molecule has 0 unspecified atom stereocenters. The minimum atomic E-state index is -0.634. The van der Waals surface area contributed by atoms with E-state index < -0.39 is 23.7 Å². The van der Waals surface area contributed by atoms with Crippen molar-refractivity contribution in [2.75, 3.05) is 13.2 Å². The van der Waals surface area contributed by atoms with Gasteiger partial charge in [0.05, 0.1) is 17.6 Å². The van der Waals surface area contributed by atoms with Crippen molar-refractivity contribution in [3.63, 3.8) is 0 Å². The van der Waals surface area contributed by atoms with E-state index in [9.17, 15) is 14.4 Å². The van der Waals surface area contributed by atoms with E-state index in [0.29, 0.717) is 34.7 Å². The van der Waals surface area contributed by atoms with Gasteiger partial charge in [0.25, 0.3) is 11.1 Å². The molecule has 3 rings (SSSR count). The Labute approximate surface area is 219 Å². The number of esters is 1. The van der Waals surface area contributed by atoms with Gasteiger partial charge in [0.1, 0.15) is 13.2 Å². The van der Waals surface area contributed by atoms with Crippen LogP contribution in [0.25, 0.3) is 6.08 Å². The molecular weight excluding hydrogens is 590 g/mol. The summed E-state index contributed by atoms with van der Waals surface area (Å²) >= 11 is 7.70. The van der Waals surface area contributed by atoms with Gasteiger partial charge in [-0.05, 0) is 74.0 Å². The molecule has 0 aliphatic carbocycles. The molecule has 0 spiro atoms. The molecule has 0 bridgehead atoms. The Morgan fingerprint density at radius 3 is 2.41 bits per heavy atom. The number of benzene rings is 2. The van der Waals surface area contributed by atoms with Crippen LogP contribution in [-0.2, 0) is 20.9 Å². The zero-order valence-corrected chi connectivity index (χ0v) is 22.8. The number of amides is 2. The molecule has 2 aromatic carbocycles. The number of hydrogen-bond acceptors (Lipinski definition) is 7. The van der Waals surface area contributed by atoms with E-state index in [1.54, 1.807) is 32.1 Å². The van der Waals surface area contributed by atoms with Gasteiger partial charge in [-0.3, -0.25) is 19.3 Å². The molecule has 0 atom stereocenters. The molecule has 0 radical (unpaired) electrons. The molecule has 0 N–H and O–H groups in total. The van der Waals surface area contributed by atoms with Crippen LogP contribution in [-0.4, -0.2) is 41.3 Å². The number of nitrogens with zero attached hydrogens (tertiary/aromatic N) is 1. The van der Waals surface area contributed by atoms with Crippen LogP contribution in [0.5, 0.6) is 11.5 Å². The standard InChI is InChI=1S/C24H23Br2NO6S/c1-4-31-19-9-16(18(26)11-20(19)32-13-15-5-7-17(25)8-6-15)10-21-23(29)27(24(30)34-21)12-22(28)33-14(2)3/h5-11,14H,4,12-13H2,1-3H3/b21-10+. The molecular formula is C24H23Br2NO6S. The lowest BCUT2D eigenvalue weighted by Crippen LogP contribution is -2.35. The van der Waals surface area contributed by atoms with Crippen molar-refractivity contribution in [1.29, 1.82) is 0 Å². The van der Waals surface area contributed by atoms with E-state index in [1.807, 2.05) is 31.2 Å². The van der Waals surface area contributed by atoms with E-state index in [4.69, 9.17) is 14.2 Å². The van der Waals surface area contributed by atoms with Crippen LogP contribution in [0.2, 0.25) is 0 Å². The van der Waals surface area contributed by atoms with E-state index in [1.165, 1.54) is 0 Å². The molecule has 1 fully saturated rings. The minimum Gasteiger partial charge on any atom is -0.490 e. The SMILES string of the molecule is CCOc1cc(/C=C2/SC(=O)N(CC(=O)OC(C)C)C2=O)c(Br)cc1OCc1ccc(Br)cc1. The highest BCUT2D eigenvalue weighted by molar-refractivity contribution is 9.10. The topological polar surface area (TPSA) is 82.1 Å². The summed E-state index contributed by atoms with van der Waals surface area (Å²) in [6.45, 7) is 5.61. The molecule has 7 nitrogen and oxygen atoms in total. The highest BCUT2D eigenvalue weighted by Crippen LogP contribution is 2.38. The minimum absolute atomic E-state index is 0.203. The Bertz CT molecular complexity index is 1120. The van der Waals surface area contributed by atoms with Gasteiger partial charge in [0, 0.05) is 8.95 Å². The van der Waals surface area contributed by atoms with Crippen molar-refractivity contribution in [1.82, 2.24) is 4.90 Å². The summed E-state index contributed by atoms with van der Waals surface area (Å²) in [6, 6.07) is 11.3. The molecule has 1 heterocycles. The Balaban J connectivity index is 1.80. The lowest BCUT2D eigenvalue weighted by Gasteiger charge is -2.14. The number of thioether (sulfide) groups is 1. The molecule has 1 aliphatic rings. The molecule has 0 aromatic heterocycles. The van der Waals surface area contributed by atoms with Crippen molar-refractivity contribution < 1.29 is 28.6 Å². The third kappa shape index (κ3) is 6.86. The molecule has 180 valence electrons. The molecule has 34 heavy (non-hydrogen) atoms. The first-order valence-electron chi connectivity index (χ1n) is 10.5. The maximum atomic E-state index is 12.7. The van der Waals surface area contributed by atoms with Crippen LogP contribution in [0.15, 0.2) is 50.2 Å². The predicted octanol–water partition coefficient (Wildman–Crippen LogP) is 6.18. The largest absolute Gasteiger partial charge is 0.490 e. The van der Waals surface area contributed by atoms with Crippen molar-refractivity contribution in [2.24, 2.45) is 0 Å². The Hall–Kier alpha value is -2.30. The average molecular weight is 613 g/mol. The van der Waals surface area contributed by atoms with E-state index in [2.05, 4.69) is 31.9 Å². The van der Waals surface area contributed by atoms with Gasteiger partial charge in [0.2, 0.25) is 0 Å². The molecule has 10 heteroatoms. The summed E-state index contributed by atoms with van der Waals surface area (Å²) in [6.07, 6.45) is 1.25. The molecule has 2 aromatic rings. The third-order valence-electron chi connectivity index (χ3n) is 4.49. The number of halogens is 2. The Morgan fingerprint density at radius 2 is 1.76 bits per heavy atom. The monoisotopic (exact) mass is 611 g/mol. The zero-order valence-electron chi connectivity index (χ0n) is 18.8. The van der Waals surface area contributed by atoms with E-state index in [0.717, 1.165) is 26.7 Å². The van der Waals surface area contributed by atoms with Crippen molar-refractivity contribution in [2.45, 2.75) is 33.5 Å². The Kier molecular flexibility index (Phi) is 9.21. The number of ether oxygens (including phenoxy) is 3. The maximum absolute atomic E-state index is 12.7. The van der Waals surface area contributed by atoms with Crippen LogP contribution in [0.3, 0.4) is 0 Å². The second-order valence-electron chi connectivity index (χ2n) is 7.48. The van der Waals surface area contributed by atoms with Crippen LogP contribution in [0, 0.1) is 0 Å². The van der Waals surface area contributed by atoms with Crippen LogP contribution >= 0.6 is 43.6 Å². The zero-order chi connectivity index (χ0) is 24.8. The first kappa shape index (κ1) is 26.3. The van der Waals surface area contributed by atoms with Gasteiger partial charge >= 0.3 is 5.97 Å². The fourth-order valence-electron chi connectivity index (χ4n) is 2.99. The fourth-order valence-corrected chi connectivity index (χ4v) is 4.52. The average Bonchev–Trinajstić information content (AvgIpc) is 3.03. The van der Waals surface area contributed by atoms with Gasteiger partial charge < -0.3 is 14.2 Å². The Morgan fingerprint density at radius 1 is 1.09 bits per heavy atom. The highest BCUT2D eigenvalue weighted by atomic mass is 79.9. The second-order valence-corrected chi connectivity index (χ2v) is 10.2. The van der Waals surface area contributed by atoms with Gasteiger partial charge in [-0.2, -0.15) is 0 Å². The predicted molar refractivity (Wildman–Crippen MR) is 138 cm³/mol. The van der Waals surface area contributed by atoms with Gasteiger partial charge in [-0.15, -0.1) is 0 Å². The van der Waals surface area contributed by atoms with Crippen LogP contribution in [0.1, 0.15) is 31.9 Å². The van der Waals surface area contributed by atoms with Gasteiger partial charge in [0.15, 0.2) is 11.5 Å². The van der Waals surface area contributed by atoms with Gasteiger partial charge in [-0.25, -0.2) is 0 Å². The number of carbonyl (C=O) groups excluding carboxylic acids is 3. The lowest BCUT2D eigenvalue weighted by atomic mass is 10.1. The quantitative estimate of drug-likeness (QED) is 0.247. The number of rotatable bonds is 9. The normalized spacial score (nSPS) is 14.8. The molecule has 0 saturated carbocycles. The summed E-state index contributed by atoms with van der Waals surface area (Å²) in [5.41, 5.74) is 1.63.